The van der Waals surface area contributed by atoms with Crippen LogP contribution in [0.1, 0.15) is 12.8 Å². The second kappa shape index (κ2) is 11.4. The Morgan fingerprint density at radius 2 is 0.850 bits per heavy atom. The maximum atomic E-state index is 9.55. The van der Waals surface area contributed by atoms with Crippen LogP contribution in [0.5, 0.6) is 0 Å². The molecule has 0 spiro atoms. The van der Waals surface area contributed by atoms with Crippen LogP contribution in [0.4, 0.5) is 0 Å². The minimum absolute atomic E-state index is 0.558. The average molecular weight is 289 g/mol. The van der Waals surface area contributed by atoms with Gasteiger partial charge >= 0.3 is 23.9 Å². The molecule has 1 rings (SSSR count). The van der Waals surface area contributed by atoms with Crippen LogP contribution < -0.4 is 5.73 Å². The van der Waals surface area contributed by atoms with Gasteiger partial charge in [-0.05, 0) is 12.8 Å². The van der Waals surface area contributed by atoms with E-state index in [2.05, 4.69) is 0 Å². The van der Waals surface area contributed by atoms with Gasteiger partial charge in [-0.1, -0.05) is 0 Å². The highest BCUT2D eigenvalue weighted by molar-refractivity contribution is 5.90. The minimum atomic E-state index is -1.26. The highest BCUT2D eigenvalue weighted by Gasteiger charge is 2.13. The van der Waals surface area contributed by atoms with Crippen molar-refractivity contribution in [1.82, 2.24) is 0 Å². The lowest BCUT2D eigenvalue weighted by Crippen LogP contribution is -1.94. The first-order chi connectivity index (χ1) is 9.15. The summed E-state index contributed by atoms with van der Waals surface area (Å²) in [7, 11) is 0. The predicted molar refractivity (Wildman–Crippen MR) is 66.0 cm³/mol. The summed E-state index contributed by atoms with van der Waals surface area (Å²) in [6.45, 7) is 0. The fourth-order valence-corrected chi connectivity index (χ4v) is 0.381. The van der Waals surface area contributed by atoms with Crippen molar-refractivity contribution in [1.29, 1.82) is 0 Å². The van der Waals surface area contributed by atoms with E-state index in [0.29, 0.717) is 30.3 Å². The molecule has 0 aromatic carbocycles. The maximum absolute atomic E-state index is 9.55. The van der Waals surface area contributed by atoms with E-state index in [9.17, 15) is 19.2 Å². The lowest BCUT2D eigenvalue weighted by atomic mass is 10.5. The molecule has 1 aliphatic rings. The third-order valence-electron chi connectivity index (χ3n) is 1.36. The quantitative estimate of drug-likeness (QED) is 0.428. The van der Waals surface area contributed by atoms with Crippen LogP contribution in [0.25, 0.3) is 0 Å². The second-order valence-corrected chi connectivity index (χ2v) is 3.36. The fourth-order valence-electron chi connectivity index (χ4n) is 0.381. The molecule has 9 nitrogen and oxygen atoms in total. The summed E-state index contributed by atoms with van der Waals surface area (Å²) in [5.74, 6) is -5.03. The molecule has 0 radical (unpaired) electrons. The van der Waals surface area contributed by atoms with Crippen LogP contribution in [-0.2, 0) is 19.2 Å². The zero-order chi connectivity index (χ0) is 16.1. The summed E-state index contributed by atoms with van der Waals surface area (Å²) < 4.78 is 0. The SMILES string of the molecule is NC1CC1.O=C(O)/C=C/C(=O)O.O=C(O)/C=C/C(=O)O. The zero-order valence-corrected chi connectivity index (χ0v) is 10.3. The van der Waals surface area contributed by atoms with Crippen molar-refractivity contribution in [3.63, 3.8) is 0 Å². The van der Waals surface area contributed by atoms with Crippen LogP contribution in [0.3, 0.4) is 0 Å². The van der Waals surface area contributed by atoms with E-state index in [0.717, 1.165) is 0 Å². The number of hydrogen-bond donors (Lipinski definition) is 5. The van der Waals surface area contributed by atoms with Crippen LogP contribution in [0.2, 0.25) is 0 Å². The van der Waals surface area contributed by atoms with Crippen LogP contribution >= 0.6 is 0 Å². The largest absolute Gasteiger partial charge is 0.478 e. The number of aliphatic carboxylic acids is 4. The second-order valence-electron chi connectivity index (χ2n) is 3.36. The molecule has 1 aliphatic carbocycles. The first-order valence-corrected chi connectivity index (χ1v) is 5.18. The van der Waals surface area contributed by atoms with E-state index in [1.54, 1.807) is 0 Å². The summed E-state index contributed by atoms with van der Waals surface area (Å²) in [5.41, 5.74) is 5.22. The number of carbonyl (C=O) groups is 4. The molecular weight excluding hydrogens is 274 g/mol. The molecule has 0 heterocycles. The molecule has 0 saturated heterocycles. The molecule has 0 amide bonds. The fraction of sp³-hybridized carbons (Fsp3) is 0.273. The van der Waals surface area contributed by atoms with E-state index < -0.39 is 23.9 Å². The Kier molecular flexibility index (Phi) is 11.2. The average Bonchev–Trinajstić information content (AvgIpc) is 3.08. The van der Waals surface area contributed by atoms with Crippen molar-refractivity contribution in [3.05, 3.63) is 24.3 Å². The molecule has 0 aromatic heterocycles. The van der Waals surface area contributed by atoms with Gasteiger partial charge in [-0.25, -0.2) is 19.2 Å². The molecule has 6 N–H and O–H groups in total. The molecule has 0 bridgehead atoms. The van der Waals surface area contributed by atoms with Gasteiger partial charge in [0.05, 0.1) is 0 Å². The van der Waals surface area contributed by atoms with Crippen LogP contribution in [-0.4, -0.2) is 50.3 Å². The molecule has 112 valence electrons. The first kappa shape index (κ1) is 19.7. The van der Waals surface area contributed by atoms with Crippen molar-refractivity contribution in [2.75, 3.05) is 0 Å². The van der Waals surface area contributed by atoms with Crippen molar-refractivity contribution >= 4 is 23.9 Å². The Labute approximate surface area is 113 Å². The summed E-state index contributed by atoms with van der Waals surface area (Å²) in [6, 6.07) is 0.583. The first-order valence-electron chi connectivity index (χ1n) is 5.18. The highest BCUT2D eigenvalue weighted by Crippen LogP contribution is 2.13. The van der Waals surface area contributed by atoms with E-state index in [4.69, 9.17) is 26.2 Å². The molecule has 1 fully saturated rings. The molecule has 0 aromatic rings. The Balaban J connectivity index is 0. The summed E-state index contributed by atoms with van der Waals surface area (Å²) >= 11 is 0. The topological polar surface area (TPSA) is 175 Å². The Hall–Kier alpha value is -2.68. The smallest absolute Gasteiger partial charge is 0.328 e. The lowest BCUT2D eigenvalue weighted by molar-refractivity contribution is -0.134. The van der Waals surface area contributed by atoms with Crippen molar-refractivity contribution in [2.24, 2.45) is 5.73 Å². The van der Waals surface area contributed by atoms with Gasteiger partial charge in [0.2, 0.25) is 0 Å². The molecule has 0 unspecified atom stereocenters. The Bertz CT molecular complexity index is 343. The van der Waals surface area contributed by atoms with Crippen molar-refractivity contribution < 1.29 is 39.6 Å². The van der Waals surface area contributed by atoms with Gasteiger partial charge < -0.3 is 26.2 Å². The van der Waals surface area contributed by atoms with Crippen molar-refractivity contribution in [2.45, 2.75) is 18.9 Å². The van der Waals surface area contributed by atoms with E-state index in [1.807, 2.05) is 0 Å². The van der Waals surface area contributed by atoms with E-state index in [1.165, 1.54) is 12.8 Å². The molecule has 0 atom stereocenters. The number of rotatable bonds is 4. The van der Waals surface area contributed by atoms with Gasteiger partial charge in [0.25, 0.3) is 0 Å². The highest BCUT2D eigenvalue weighted by atomic mass is 16.4. The van der Waals surface area contributed by atoms with E-state index >= 15 is 0 Å². The van der Waals surface area contributed by atoms with Gasteiger partial charge in [0.15, 0.2) is 0 Å². The number of hydrogen-bond acceptors (Lipinski definition) is 5. The monoisotopic (exact) mass is 289 g/mol. The number of nitrogens with two attached hydrogens (primary N) is 1. The third kappa shape index (κ3) is 29.5. The molecule has 20 heavy (non-hydrogen) atoms. The van der Waals surface area contributed by atoms with Crippen LogP contribution in [0, 0.1) is 0 Å². The Morgan fingerprint density at radius 1 is 0.700 bits per heavy atom. The maximum Gasteiger partial charge on any atom is 0.328 e. The summed E-state index contributed by atoms with van der Waals surface area (Å²) in [5, 5.41) is 31.2. The molecule has 9 heteroatoms. The Morgan fingerprint density at radius 3 is 0.900 bits per heavy atom. The molecular formula is C11H15NO8. The zero-order valence-electron chi connectivity index (χ0n) is 10.3. The lowest BCUT2D eigenvalue weighted by Gasteiger charge is -1.74. The molecule has 0 aliphatic heterocycles. The third-order valence-corrected chi connectivity index (χ3v) is 1.36. The van der Waals surface area contributed by atoms with E-state index in [-0.39, 0.29) is 0 Å². The predicted octanol–water partition coefficient (Wildman–Crippen LogP) is -0.469. The molecule has 1 saturated carbocycles. The minimum Gasteiger partial charge on any atom is -0.478 e. The standard InChI is InChI=1S/2C4H4O4.C3H7N/c2*5-3(6)1-2-4(7)8;4-3-1-2-3/h2*1-2H,(H,5,6)(H,7,8);3H,1-2,4H2/b2*2-1+;. The van der Waals surface area contributed by atoms with Crippen LogP contribution in [0.15, 0.2) is 24.3 Å². The summed E-state index contributed by atoms with van der Waals surface area (Å²) in [6.07, 6.45) is 4.76. The van der Waals surface area contributed by atoms with Gasteiger partial charge in [0.1, 0.15) is 0 Å². The van der Waals surface area contributed by atoms with Gasteiger partial charge in [-0.15, -0.1) is 0 Å². The normalized spacial score (nSPS) is 12.8. The number of carboxylic acids is 4. The van der Waals surface area contributed by atoms with Gasteiger partial charge in [-0.3, -0.25) is 0 Å². The van der Waals surface area contributed by atoms with Gasteiger partial charge in [-0.2, -0.15) is 0 Å². The van der Waals surface area contributed by atoms with Gasteiger partial charge in [0, 0.05) is 30.3 Å². The number of carboxylic acid groups (broad SMARTS) is 4. The summed E-state index contributed by atoms with van der Waals surface area (Å²) in [4.78, 5) is 38.2. The van der Waals surface area contributed by atoms with Crippen molar-refractivity contribution in [3.8, 4) is 0 Å².